The summed E-state index contributed by atoms with van der Waals surface area (Å²) in [4.78, 5) is 13.7. The molecule has 3 nitrogen and oxygen atoms in total. The van der Waals surface area contributed by atoms with Gasteiger partial charge < -0.3 is 0 Å². The number of rotatable bonds is 2. The van der Waals surface area contributed by atoms with Crippen LogP contribution in [0.15, 0.2) is 23.6 Å². The van der Waals surface area contributed by atoms with Crippen molar-refractivity contribution in [3.63, 3.8) is 0 Å². The van der Waals surface area contributed by atoms with Crippen LogP contribution in [0.4, 0.5) is 0 Å². The van der Waals surface area contributed by atoms with Crippen LogP contribution in [-0.4, -0.2) is 4.98 Å². The Balaban J connectivity index is 3.02. The third kappa shape index (κ3) is 1.88. The Hall–Kier alpha value is -0.670. The van der Waals surface area contributed by atoms with Crippen LogP contribution < -0.4 is 0 Å². The van der Waals surface area contributed by atoms with Crippen LogP contribution in [0.1, 0.15) is 11.1 Å². The molecule has 1 aromatic rings. The highest BCUT2D eigenvalue weighted by Gasteiger charge is 2.10. The maximum absolute atomic E-state index is 9.99. The lowest BCUT2D eigenvalue weighted by molar-refractivity contribution is 0.989. The minimum absolute atomic E-state index is 0.402. The molecule has 0 saturated carbocycles. The molecule has 5 heteroatoms. The molecule has 0 radical (unpaired) electrons. The fraction of sp³-hybridized carbons (Fsp3) is 0.167. The molecule has 0 bridgehead atoms. The maximum atomic E-state index is 9.99. The van der Waals surface area contributed by atoms with Crippen LogP contribution in [0.5, 0.6) is 0 Å². The quantitative estimate of drug-likeness (QED) is 0.409. The third-order valence-corrected chi connectivity index (χ3v) is 1.80. The molecule has 1 heterocycles. The molecule has 0 aliphatic heterocycles. The first-order valence-corrected chi connectivity index (χ1v) is 3.63. The molecule has 1 atom stereocenters. The number of alkyl halides is 1. The van der Waals surface area contributed by atoms with Crippen molar-refractivity contribution >= 4 is 23.2 Å². The van der Waals surface area contributed by atoms with E-state index in [0.717, 1.165) is 0 Å². The van der Waals surface area contributed by atoms with E-state index in [0.29, 0.717) is 10.6 Å². The van der Waals surface area contributed by atoms with E-state index in [9.17, 15) is 4.91 Å². The molecule has 1 rings (SSSR count). The lowest BCUT2D eigenvalue weighted by Crippen LogP contribution is -1.87. The molecule has 58 valence electrons. The predicted molar refractivity (Wildman–Crippen MR) is 43.6 cm³/mol. The van der Waals surface area contributed by atoms with Crippen molar-refractivity contribution in [2.75, 3.05) is 0 Å². The number of hydrogen-bond acceptors (Lipinski definition) is 3. The summed E-state index contributed by atoms with van der Waals surface area (Å²) >= 11 is 11.2. The van der Waals surface area contributed by atoms with E-state index in [1.807, 2.05) is 0 Å². The van der Waals surface area contributed by atoms with Crippen LogP contribution in [0.3, 0.4) is 0 Å². The highest BCUT2D eigenvalue weighted by Crippen LogP contribution is 2.26. The minimum atomic E-state index is -0.948. The van der Waals surface area contributed by atoms with Crippen molar-refractivity contribution in [2.24, 2.45) is 5.18 Å². The Labute approximate surface area is 73.3 Å². The van der Waals surface area contributed by atoms with Crippen LogP contribution in [-0.2, 0) is 0 Å². The van der Waals surface area contributed by atoms with Gasteiger partial charge in [-0.2, -0.15) is 0 Å². The topological polar surface area (TPSA) is 42.3 Å². The molecule has 0 aliphatic carbocycles. The molecule has 0 N–H and O–H groups in total. The normalized spacial score (nSPS) is 12.5. The highest BCUT2D eigenvalue weighted by atomic mass is 35.5. The van der Waals surface area contributed by atoms with Crippen molar-refractivity contribution in [2.45, 2.75) is 5.50 Å². The van der Waals surface area contributed by atoms with E-state index in [1.54, 1.807) is 6.07 Å². The summed E-state index contributed by atoms with van der Waals surface area (Å²) in [7, 11) is 0. The predicted octanol–water partition coefficient (Wildman–Crippen LogP) is 2.74. The van der Waals surface area contributed by atoms with E-state index < -0.39 is 5.50 Å². The second-order valence-electron chi connectivity index (χ2n) is 1.84. The smallest absolute Gasteiger partial charge is 0.193 e. The van der Waals surface area contributed by atoms with E-state index in [2.05, 4.69) is 10.2 Å². The first-order valence-electron chi connectivity index (χ1n) is 2.81. The largest absolute Gasteiger partial charge is 0.264 e. The Morgan fingerprint density at radius 2 is 2.36 bits per heavy atom. The third-order valence-electron chi connectivity index (χ3n) is 1.15. The van der Waals surface area contributed by atoms with Gasteiger partial charge in [-0.1, -0.05) is 23.2 Å². The molecular weight excluding hydrogens is 187 g/mol. The van der Waals surface area contributed by atoms with Gasteiger partial charge in [0.25, 0.3) is 0 Å². The van der Waals surface area contributed by atoms with Crippen molar-refractivity contribution in [1.29, 1.82) is 0 Å². The monoisotopic (exact) mass is 190 g/mol. The first kappa shape index (κ1) is 8.43. The van der Waals surface area contributed by atoms with Gasteiger partial charge in [-0.15, -0.1) is 4.91 Å². The van der Waals surface area contributed by atoms with Crippen LogP contribution >= 0.6 is 23.2 Å². The summed E-state index contributed by atoms with van der Waals surface area (Å²) in [6.07, 6.45) is 2.93. The second-order valence-corrected chi connectivity index (χ2v) is 2.66. The average Bonchev–Trinajstić information content (AvgIpc) is 2.04. The Bertz CT molecular complexity index is 267. The summed E-state index contributed by atoms with van der Waals surface area (Å²) in [5, 5.41) is 3.01. The van der Waals surface area contributed by atoms with E-state index in [-0.39, 0.29) is 0 Å². The molecule has 0 aromatic carbocycles. The molecule has 0 saturated heterocycles. The summed E-state index contributed by atoms with van der Waals surface area (Å²) in [6.45, 7) is 0. The average molecular weight is 191 g/mol. The first-order chi connectivity index (χ1) is 5.25. The molecule has 0 fully saturated rings. The molecule has 1 aromatic heterocycles. The van der Waals surface area contributed by atoms with Gasteiger partial charge in [0.15, 0.2) is 5.50 Å². The standard InChI is InChI=1S/C6H4Cl2N2O/c7-5-1-2-9-3-4(5)6(8)10-11/h1-3,6H. The van der Waals surface area contributed by atoms with Gasteiger partial charge >= 0.3 is 0 Å². The number of nitrogens with zero attached hydrogens (tertiary/aromatic N) is 2. The zero-order valence-corrected chi connectivity index (χ0v) is 6.88. The van der Waals surface area contributed by atoms with Crippen LogP contribution in [0.25, 0.3) is 0 Å². The molecule has 0 spiro atoms. The van der Waals surface area contributed by atoms with E-state index >= 15 is 0 Å². The molecule has 1 unspecified atom stereocenters. The van der Waals surface area contributed by atoms with E-state index in [4.69, 9.17) is 23.2 Å². The zero-order valence-electron chi connectivity index (χ0n) is 5.37. The molecule has 11 heavy (non-hydrogen) atoms. The summed E-state index contributed by atoms with van der Waals surface area (Å²) in [6, 6.07) is 1.55. The Kier molecular flexibility index (Phi) is 2.79. The molecular formula is C6H4Cl2N2O. The number of aromatic nitrogens is 1. The number of pyridine rings is 1. The van der Waals surface area contributed by atoms with Gasteiger partial charge in [-0.05, 0) is 11.2 Å². The lowest BCUT2D eigenvalue weighted by atomic mass is 10.3. The Morgan fingerprint density at radius 1 is 1.64 bits per heavy atom. The lowest BCUT2D eigenvalue weighted by Gasteiger charge is -2.00. The van der Waals surface area contributed by atoms with E-state index in [1.165, 1.54) is 12.4 Å². The zero-order chi connectivity index (χ0) is 8.27. The van der Waals surface area contributed by atoms with Crippen molar-refractivity contribution in [3.8, 4) is 0 Å². The maximum Gasteiger partial charge on any atom is 0.193 e. The van der Waals surface area contributed by atoms with Crippen LogP contribution in [0.2, 0.25) is 5.02 Å². The summed E-state index contributed by atoms with van der Waals surface area (Å²) in [5.41, 5.74) is -0.512. The number of nitroso groups, excluding NO2 is 1. The van der Waals surface area contributed by atoms with Gasteiger partial charge in [0.1, 0.15) is 0 Å². The van der Waals surface area contributed by atoms with Gasteiger partial charge in [-0.3, -0.25) is 4.98 Å². The van der Waals surface area contributed by atoms with Crippen molar-refractivity contribution < 1.29 is 0 Å². The number of hydrogen-bond donors (Lipinski definition) is 0. The summed E-state index contributed by atoms with van der Waals surface area (Å²) in [5.74, 6) is 0. The minimum Gasteiger partial charge on any atom is -0.264 e. The molecule has 0 aliphatic rings. The fourth-order valence-corrected chi connectivity index (χ4v) is 1.06. The number of halogens is 2. The Morgan fingerprint density at radius 3 is 2.91 bits per heavy atom. The van der Waals surface area contributed by atoms with Crippen molar-refractivity contribution in [3.05, 3.63) is 34.0 Å². The second kappa shape index (κ2) is 3.64. The fourth-order valence-electron chi connectivity index (χ4n) is 0.622. The highest BCUT2D eigenvalue weighted by molar-refractivity contribution is 6.32. The SMILES string of the molecule is O=NC(Cl)c1cnccc1Cl. The molecule has 0 amide bonds. The van der Waals surface area contributed by atoms with Gasteiger partial charge in [0.05, 0.1) is 5.02 Å². The van der Waals surface area contributed by atoms with Crippen molar-refractivity contribution in [1.82, 2.24) is 4.98 Å². The van der Waals surface area contributed by atoms with Crippen LogP contribution in [0, 0.1) is 4.91 Å². The van der Waals surface area contributed by atoms with Gasteiger partial charge in [0.2, 0.25) is 0 Å². The summed E-state index contributed by atoms with van der Waals surface area (Å²) < 4.78 is 0. The van der Waals surface area contributed by atoms with Gasteiger partial charge in [-0.25, -0.2) is 0 Å². The van der Waals surface area contributed by atoms with Gasteiger partial charge in [0, 0.05) is 18.0 Å².